The molecule has 1 N–H and O–H groups in total. The summed E-state index contributed by atoms with van der Waals surface area (Å²) in [4.78, 5) is 18.3. The van der Waals surface area contributed by atoms with Gasteiger partial charge in [0.2, 0.25) is 0 Å². The van der Waals surface area contributed by atoms with Crippen LogP contribution in [0.5, 0.6) is 0 Å². The Balaban J connectivity index is 2.38. The van der Waals surface area contributed by atoms with Crippen molar-refractivity contribution >= 4 is 28.3 Å². The molecule has 0 unspecified atom stereocenters. The Kier molecular flexibility index (Phi) is 4.49. The first-order valence-corrected chi connectivity index (χ1v) is 7.26. The van der Waals surface area contributed by atoms with Gasteiger partial charge in [-0.05, 0) is 32.2 Å². The van der Waals surface area contributed by atoms with Gasteiger partial charge in [-0.2, -0.15) is 0 Å². The van der Waals surface area contributed by atoms with Crippen LogP contribution in [0.4, 0.5) is 0 Å². The molecule has 0 aliphatic heterocycles. The van der Waals surface area contributed by atoms with Crippen LogP contribution in [0, 0.1) is 0 Å². The molecule has 0 spiro atoms. The fourth-order valence-corrected chi connectivity index (χ4v) is 2.49. The number of likely N-dealkylation sites (N-methyl/N-ethyl adjacent to an activating group) is 1. The number of rotatable bonds is 4. The van der Waals surface area contributed by atoms with Gasteiger partial charge in [-0.15, -0.1) is 0 Å². The molecule has 4 nitrogen and oxygen atoms in total. The smallest absolute Gasteiger partial charge is 0.272 e. The van der Waals surface area contributed by atoms with E-state index >= 15 is 0 Å². The normalized spacial score (nSPS) is 11.7. The number of fused-ring (bicyclic) bond motifs is 1. The van der Waals surface area contributed by atoms with E-state index in [0.29, 0.717) is 17.4 Å². The number of benzene rings is 1. The third kappa shape index (κ3) is 3.71. The van der Waals surface area contributed by atoms with E-state index in [1.54, 1.807) is 24.8 Å². The molecular formula is C16H19ClN2O2. The predicted molar refractivity (Wildman–Crippen MR) is 84.6 cm³/mol. The van der Waals surface area contributed by atoms with Crippen molar-refractivity contribution in [2.24, 2.45) is 0 Å². The highest BCUT2D eigenvalue weighted by atomic mass is 35.5. The molecule has 1 amide bonds. The summed E-state index contributed by atoms with van der Waals surface area (Å²) in [6.07, 6.45) is 0. The maximum atomic E-state index is 12.5. The summed E-state index contributed by atoms with van der Waals surface area (Å²) in [6.45, 7) is 5.95. The van der Waals surface area contributed by atoms with Crippen molar-refractivity contribution in [3.8, 4) is 0 Å². The number of aliphatic hydroxyl groups is 1. The summed E-state index contributed by atoms with van der Waals surface area (Å²) in [5.74, 6) is -0.229. The number of pyridine rings is 1. The van der Waals surface area contributed by atoms with Gasteiger partial charge >= 0.3 is 0 Å². The minimum absolute atomic E-state index is 0.229. The first-order valence-electron chi connectivity index (χ1n) is 6.89. The molecule has 112 valence electrons. The second kappa shape index (κ2) is 6.00. The molecule has 1 aromatic heterocycles. The van der Waals surface area contributed by atoms with Crippen LogP contribution in [-0.2, 0) is 0 Å². The van der Waals surface area contributed by atoms with Gasteiger partial charge in [0.05, 0.1) is 5.60 Å². The van der Waals surface area contributed by atoms with Crippen molar-refractivity contribution < 1.29 is 9.90 Å². The zero-order valence-corrected chi connectivity index (χ0v) is 13.2. The lowest BCUT2D eigenvalue weighted by atomic mass is 10.1. The minimum atomic E-state index is -0.952. The molecule has 1 aromatic carbocycles. The molecule has 0 saturated heterocycles. The number of hydrogen-bond donors (Lipinski definition) is 1. The number of halogens is 1. The summed E-state index contributed by atoms with van der Waals surface area (Å²) in [6, 6.07) is 9.27. The Morgan fingerprint density at radius 2 is 2.05 bits per heavy atom. The van der Waals surface area contributed by atoms with Crippen LogP contribution >= 0.6 is 11.6 Å². The predicted octanol–water partition coefficient (Wildman–Crippen LogP) is 3.12. The molecule has 0 fully saturated rings. The second-order valence-corrected chi connectivity index (χ2v) is 6.01. The van der Waals surface area contributed by atoms with E-state index in [0.717, 1.165) is 10.8 Å². The van der Waals surface area contributed by atoms with Crippen LogP contribution < -0.4 is 0 Å². The third-order valence-electron chi connectivity index (χ3n) is 3.16. The van der Waals surface area contributed by atoms with Crippen LogP contribution in [0.3, 0.4) is 0 Å². The van der Waals surface area contributed by atoms with Crippen molar-refractivity contribution in [3.05, 3.63) is 41.2 Å². The Morgan fingerprint density at radius 1 is 1.38 bits per heavy atom. The van der Waals surface area contributed by atoms with Crippen LogP contribution in [-0.4, -0.2) is 39.6 Å². The summed E-state index contributed by atoms with van der Waals surface area (Å²) in [7, 11) is 0. The highest BCUT2D eigenvalue weighted by molar-refractivity contribution is 6.34. The number of aromatic nitrogens is 1. The zero-order valence-electron chi connectivity index (χ0n) is 12.4. The van der Waals surface area contributed by atoms with E-state index in [9.17, 15) is 9.90 Å². The van der Waals surface area contributed by atoms with Gasteiger partial charge in [0.25, 0.3) is 5.91 Å². The molecule has 0 atom stereocenters. The quantitative estimate of drug-likeness (QED) is 0.883. The average molecular weight is 307 g/mol. The van der Waals surface area contributed by atoms with Crippen molar-refractivity contribution in [1.82, 2.24) is 9.88 Å². The first-order chi connectivity index (χ1) is 9.81. The maximum absolute atomic E-state index is 12.5. The molecule has 2 aromatic rings. The molecule has 0 aliphatic rings. The van der Waals surface area contributed by atoms with Gasteiger partial charge < -0.3 is 10.0 Å². The standard InChI is InChI=1S/C16H19ClN2O2/c1-4-19(10-16(2,3)21)15(20)13-9-11-7-5-6-8-12(11)14(17)18-13/h5-9,21H,4,10H2,1-3H3. The fourth-order valence-electron chi connectivity index (χ4n) is 2.22. The molecule has 1 heterocycles. The lowest BCUT2D eigenvalue weighted by molar-refractivity contribution is 0.0312. The number of nitrogens with zero attached hydrogens (tertiary/aromatic N) is 2. The van der Waals surface area contributed by atoms with Crippen molar-refractivity contribution in [2.75, 3.05) is 13.1 Å². The highest BCUT2D eigenvalue weighted by Crippen LogP contribution is 2.23. The molecule has 0 saturated carbocycles. The second-order valence-electron chi connectivity index (χ2n) is 5.65. The minimum Gasteiger partial charge on any atom is -0.389 e. The largest absolute Gasteiger partial charge is 0.389 e. The van der Waals surface area contributed by atoms with Gasteiger partial charge in [0.15, 0.2) is 0 Å². The Labute approximate surface area is 129 Å². The van der Waals surface area contributed by atoms with E-state index in [4.69, 9.17) is 11.6 Å². The van der Waals surface area contributed by atoms with Crippen molar-refractivity contribution in [2.45, 2.75) is 26.4 Å². The summed E-state index contributed by atoms with van der Waals surface area (Å²) in [5, 5.41) is 11.9. The highest BCUT2D eigenvalue weighted by Gasteiger charge is 2.23. The van der Waals surface area contributed by atoms with E-state index < -0.39 is 5.60 Å². The average Bonchev–Trinajstić information content (AvgIpc) is 2.43. The lowest BCUT2D eigenvalue weighted by Crippen LogP contribution is -2.42. The van der Waals surface area contributed by atoms with E-state index in [1.165, 1.54) is 0 Å². The van der Waals surface area contributed by atoms with Gasteiger partial charge in [0.1, 0.15) is 10.8 Å². The molecule has 2 rings (SSSR count). The van der Waals surface area contributed by atoms with Crippen LogP contribution in [0.15, 0.2) is 30.3 Å². The van der Waals surface area contributed by atoms with E-state index in [1.807, 2.05) is 31.2 Å². The number of carbonyl (C=O) groups excluding carboxylic acids is 1. The summed E-state index contributed by atoms with van der Waals surface area (Å²) < 4.78 is 0. The number of amides is 1. The SMILES string of the molecule is CCN(CC(C)(C)O)C(=O)c1cc2ccccc2c(Cl)n1. The molecule has 0 bridgehead atoms. The third-order valence-corrected chi connectivity index (χ3v) is 3.45. The summed E-state index contributed by atoms with van der Waals surface area (Å²) >= 11 is 6.16. The van der Waals surface area contributed by atoms with Crippen LogP contribution in [0.2, 0.25) is 5.15 Å². The van der Waals surface area contributed by atoms with Gasteiger partial charge in [0, 0.05) is 18.5 Å². The Hall–Kier alpha value is -1.65. The van der Waals surface area contributed by atoms with Gasteiger partial charge in [-0.1, -0.05) is 35.9 Å². The fraction of sp³-hybridized carbons (Fsp3) is 0.375. The Morgan fingerprint density at radius 3 is 2.67 bits per heavy atom. The topological polar surface area (TPSA) is 53.4 Å². The zero-order chi connectivity index (χ0) is 15.6. The molecule has 0 radical (unpaired) electrons. The number of carbonyl (C=O) groups is 1. The van der Waals surface area contributed by atoms with Crippen molar-refractivity contribution in [3.63, 3.8) is 0 Å². The monoisotopic (exact) mass is 306 g/mol. The van der Waals surface area contributed by atoms with Gasteiger partial charge in [-0.25, -0.2) is 4.98 Å². The van der Waals surface area contributed by atoms with Crippen molar-refractivity contribution in [1.29, 1.82) is 0 Å². The molecule has 21 heavy (non-hydrogen) atoms. The lowest BCUT2D eigenvalue weighted by Gasteiger charge is -2.27. The summed E-state index contributed by atoms with van der Waals surface area (Å²) in [5.41, 5.74) is -0.656. The number of hydrogen-bond acceptors (Lipinski definition) is 3. The van der Waals surface area contributed by atoms with Gasteiger partial charge in [-0.3, -0.25) is 4.79 Å². The maximum Gasteiger partial charge on any atom is 0.272 e. The molecule has 0 aliphatic carbocycles. The van der Waals surface area contributed by atoms with E-state index in [-0.39, 0.29) is 12.5 Å². The Bertz CT molecular complexity index is 665. The van der Waals surface area contributed by atoms with Crippen LogP contribution in [0.1, 0.15) is 31.3 Å². The molecule has 5 heteroatoms. The van der Waals surface area contributed by atoms with Crippen LogP contribution in [0.25, 0.3) is 10.8 Å². The first kappa shape index (κ1) is 15.7. The van der Waals surface area contributed by atoms with E-state index in [2.05, 4.69) is 4.98 Å². The molecular weight excluding hydrogens is 288 g/mol.